The van der Waals surface area contributed by atoms with E-state index in [2.05, 4.69) is 9.72 Å². The van der Waals surface area contributed by atoms with Crippen LogP contribution in [0, 0.1) is 13.8 Å². The van der Waals surface area contributed by atoms with E-state index >= 15 is 0 Å². The number of rotatable bonds is 3. The number of aromatic nitrogens is 1. The topological polar surface area (TPSA) is 59.4 Å². The second-order valence-electron chi connectivity index (χ2n) is 3.78. The van der Waals surface area contributed by atoms with Crippen LogP contribution in [0.2, 0.25) is 5.02 Å². The molecule has 0 amide bonds. The zero-order valence-corrected chi connectivity index (χ0v) is 11.1. The number of nitrogens with zero attached hydrogens (tertiary/aromatic N) is 1. The van der Waals surface area contributed by atoms with Gasteiger partial charge in [-0.3, -0.25) is 4.98 Å². The Balaban J connectivity index is 3.35. The molecule has 1 aromatic rings. The van der Waals surface area contributed by atoms with Crippen molar-refractivity contribution in [3.05, 3.63) is 27.5 Å². The molecule has 0 aliphatic rings. The lowest BCUT2D eigenvalue weighted by Crippen LogP contribution is -2.17. The molecule has 17 heavy (non-hydrogen) atoms. The summed E-state index contributed by atoms with van der Waals surface area (Å²) in [4.78, 5) is 15.7. The van der Waals surface area contributed by atoms with Crippen LogP contribution >= 0.6 is 11.6 Å². The second kappa shape index (κ2) is 5.47. The number of aliphatic hydroxyl groups excluding tert-OH is 1. The molecule has 1 unspecified atom stereocenters. The largest absolute Gasteiger partial charge is 0.467 e. The number of carbonyl (C=O) groups is 1. The van der Waals surface area contributed by atoms with Gasteiger partial charge in [-0.15, -0.1) is 0 Å². The quantitative estimate of drug-likeness (QED) is 0.843. The van der Waals surface area contributed by atoms with Crippen LogP contribution in [0.1, 0.15) is 35.5 Å². The van der Waals surface area contributed by atoms with Crippen LogP contribution in [0.3, 0.4) is 0 Å². The van der Waals surface area contributed by atoms with Crippen LogP contribution < -0.4 is 0 Å². The van der Waals surface area contributed by atoms with Crippen molar-refractivity contribution in [1.82, 2.24) is 4.98 Å². The first kappa shape index (κ1) is 13.9. The Labute approximate surface area is 106 Å². The molecule has 0 radical (unpaired) electrons. The molecule has 94 valence electrons. The van der Waals surface area contributed by atoms with Crippen molar-refractivity contribution in [2.45, 2.75) is 33.3 Å². The highest BCUT2D eigenvalue weighted by Gasteiger charge is 2.25. The van der Waals surface area contributed by atoms with E-state index in [9.17, 15) is 9.90 Å². The lowest BCUT2D eigenvalue weighted by molar-refractivity contribution is -0.150. The smallest absolute Gasteiger partial charge is 0.339 e. The van der Waals surface area contributed by atoms with Crippen molar-refractivity contribution in [1.29, 1.82) is 0 Å². The number of pyridine rings is 1. The zero-order valence-electron chi connectivity index (χ0n) is 10.4. The van der Waals surface area contributed by atoms with Gasteiger partial charge in [0.05, 0.1) is 12.1 Å². The van der Waals surface area contributed by atoms with Crippen LogP contribution in [0.5, 0.6) is 0 Å². The molecule has 0 saturated carbocycles. The lowest BCUT2D eigenvalue weighted by atomic mass is 10.0. The van der Waals surface area contributed by atoms with Gasteiger partial charge in [0.25, 0.3) is 0 Å². The minimum absolute atomic E-state index is 0.327. The molecule has 1 N–H and O–H groups in total. The maximum Gasteiger partial charge on any atom is 0.339 e. The van der Waals surface area contributed by atoms with Crippen molar-refractivity contribution in [2.24, 2.45) is 0 Å². The van der Waals surface area contributed by atoms with Crippen LogP contribution in [0.15, 0.2) is 0 Å². The molecule has 0 saturated heterocycles. The normalized spacial score (nSPS) is 12.4. The first-order valence-electron chi connectivity index (χ1n) is 5.35. The Kier molecular flexibility index (Phi) is 4.48. The van der Waals surface area contributed by atoms with E-state index in [1.54, 1.807) is 6.92 Å². The minimum atomic E-state index is -1.38. The number of ether oxygens (including phenoxy) is 1. The average molecular weight is 258 g/mol. The molecule has 1 atom stereocenters. The van der Waals surface area contributed by atoms with E-state index < -0.39 is 12.1 Å². The van der Waals surface area contributed by atoms with E-state index in [1.807, 2.05) is 13.8 Å². The number of methoxy groups -OCH3 is 1. The van der Waals surface area contributed by atoms with Crippen molar-refractivity contribution in [2.75, 3.05) is 7.11 Å². The summed E-state index contributed by atoms with van der Waals surface area (Å²) < 4.78 is 4.50. The van der Waals surface area contributed by atoms with Crippen molar-refractivity contribution >= 4 is 17.6 Å². The molecule has 0 aliphatic heterocycles. The third-order valence-corrected chi connectivity index (χ3v) is 3.21. The van der Waals surface area contributed by atoms with Crippen molar-refractivity contribution < 1.29 is 14.6 Å². The van der Waals surface area contributed by atoms with Gasteiger partial charge in [-0.05, 0) is 25.8 Å². The third-order valence-electron chi connectivity index (χ3n) is 2.72. The molecule has 1 aromatic heterocycles. The maximum absolute atomic E-state index is 11.3. The molecule has 0 aliphatic carbocycles. The molecule has 1 heterocycles. The highest BCUT2D eigenvalue weighted by Crippen LogP contribution is 2.30. The monoisotopic (exact) mass is 257 g/mol. The van der Waals surface area contributed by atoms with Crippen molar-refractivity contribution in [3.63, 3.8) is 0 Å². The van der Waals surface area contributed by atoms with Gasteiger partial charge in [0.1, 0.15) is 0 Å². The van der Waals surface area contributed by atoms with E-state index in [0.717, 1.165) is 17.7 Å². The first-order valence-corrected chi connectivity index (χ1v) is 5.73. The van der Waals surface area contributed by atoms with E-state index in [1.165, 1.54) is 7.11 Å². The molecule has 0 bridgehead atoms. The van der Waals surface area contributed by atoms with Gasteiger partial charge >= 0.3 is 5.97 Å². The molecule has 0 spiro atoms. The van der Waals surface area contributed by atoms with E-state index in [0.29, 0.717) is 16.3 Å². The Morgan fingerprint density at radius 1 is 1.53 bits per heavy atom. The fraction of sp³-hybridized carbons (Fsp3) is 0.500. The van der Waals surface area contributed by atoms with Crippen LogP contribution in [-0.2, 0) is 16.0 Å². The summed E-state index contributed by atoms with van der Waals surface area (Å²) >= 11 is 6.17. The summed E-state index contributed by atoms with van der Waals surface area (Å²) in [6.07, 6.45) is -0.634. The lowest BCUT2D eigenvalue weighted by Gasteiger charge is -2.16. The molecule has 5 heteroatoms. The predicted octanol–water partition coefficient (Wildman–Crippen LogP) is 2.12. The van der Waals surface area contributed by atoms with Gasteiger partial charge < -0.3 is 9.84 Å². The molecule has 0 fully saturated rings. The number of aliphatic hydroxyl groups is 1. The summed E-state index contributed by atoms with van der Waals surface area (Å²) in [5.41, 5.74) is 2.54. The van der Waals surface area contributed by atoms with Crippen LogP contribution in [0.4, 0.5) is 0 Å². The van der Waals surface area contributed by atoms with E-state index in [4.69, 9.17) is 11.6 Å². The van der Waals surface area contributed by atoms with Gasteiger partial charge in [0.15, 0.2) is 6.10 Å². The van der Waals surface area contributed by atoms with Gasteiger partial charge in [-0.2, -0.15) is 0 Å². The third kappa shape index (κ3) is 2.58. The molecule has 0 aromatic carbocycles. The summed E-state index contributed by atoms with van der Waals surface area (Å²) in [7, 11) is 1.22. The summed E-state index contributed by atoms with van der Waals surface area (Å²) in [6, 6.07) is 0. The average Bonchev–Trinajstić information content (AvgIpc) is 2.32. The first-order chi connectivity index (χ1) is 7.93. The summed E-state index contributed by atoms with van der Waals surface area (Å²) in [5, 5.41) is 10.2. The Bertz CT molecular complexity index is 446. The van der Waals surface area contributed by atoms with Crippen molar-refractivity contribution in [3.8, 4) is 0 Å². The number of aryl methyl sites for hydroxylation is 2. The SMILES string of the molecule is CCc1nc(C)c(C(O)C(=O)OC)c(Cl)c1C. The summed E-state index contributed by atoms with van der Waals surface area (Å²) in [6.45, 7) is 5.51. The number of hydrogen-bond donors (Lipinski definition) is 1. The molecular formula is C12H16ClNO3. The Hall–Kier alpha value is -1.13. The number of carbonyl (C=O) groups excluding carboxylic acids is 1. The molecular weight excluding hydrogens is 242 g/mol. The number of hydrogen-bond acceptors (Lipinski definition) is 4. The summed E-state index contributed by atoms with van der Waals surface area (Å²) in [5.74, 6) is -0.736. The molecule has 4 nitrogen and oxygen atoms in total. The van der Waals surface area contributed by atoms with Crippen LogP contribution in [-0.4, -0.2) is 23.2 Å². The van der Waals surface area contributed by atoms with Gasteiger partial charge in [0.2, 0.25) is 0 Å². The minimum Gasteiger partial charge on any atom is -0.467 e. The van der Waals surface area contributed by atoms with Gasteiger partial charge in [-0.1, -0.05) is 18.5 Å². The number of halogens is 1. The number of esters is 1. The fourth-order valence-electron chi connectivity index (χ4n) is 1.73. The Morgan fingerprint density at radius 3 is 2.59 bits per heavy atom. The van der Waals surface area contributed by atoms with Gasteiger partial charge in [0, 0.05) is 17.0 Å². The Morgan fingerprint density at radius 2 is 2.12 bits per heavy atom. The predicted molar refractivity (Wildman–Crippen MR) is 65.1 cm³/mol. The highest BCUT2D eigenvalue weighted by molar-refractivity contribution is 6.32. The van der Waals surface area contributed by atoms with Crippen LogP contribution in [0.25, 0.3) is 0 Å². The maximum atomic E-state index is 11.3. The highest BCUT2D eigenvalue weighted by atomic mass is 35.5. The van der Waals surface area contributed by atoms with Gasteiger partial charge in [-0.25, -0.2) is 4.79 Å². The standard InChI is InChI=1S/C12H16ClNO3/c1-5-8-6(2)10(13)9(7(3)14-8)11(15)12(16)17-4/h11,15H,5H2,1-4H3. The zero-order chi connectivity index (χ0) is 13.2. The molecule has 1 rings (SSSR count). The van der Waals surface area contributed by atoms with E-state index in [-0.39, 0.29) is 0 Å². The second-order valence-corrected chi connectivity index (χ2v) is 4.15. The fourth-order valence-corrected chi connectivity index (χ4v) is 2.07.